The van der Waals surface area contributed by atoms with Crippen molar-refractivity contribution in [2.45, 2.75) is 0 Å². The number of allylic oxidation sites excluding steroid dienone is 1. The minimum Gasteiger partial charge on any atom is -0.457 e. The van der Waals surface area contributed by atoms with Gasteiger partial charge >= 0.3 is 0 Å². The first kappa shape index (κ1) is 15.8. The van der Waals surface area contributed by atoms with E-state index in [9.17, 15) is 4.79 Å². The normalized spacial score (nSPS) is 11.0. The van der Waals surface area contributed by atoms with Crippen molar-refractivity contribution in [2.75, 3.05) is 0 Å². The molecule has 2 nitrogen and oxygen atoms in total. The summed E-state index contributed by atoms with van der Waals surface area (Å²) in [6.45, 7) is 0. The molecule has 23 heavy (non-hydrogen) atoms. The molecular formula is C19H12BrClO2. The summed E-state index contributed by atoms with van der Waals surface area (Å²) in [6.07, 6.45) is 3.16. The van der Waals surface area contributed by atoms with Gasteiger partial charge in [-0.1, -0.05) is 39.7 Å². The standard InChI is InChI=1S/C19H12BrClO2/c20-15-5-1-14(2-6-15)19-12-10-17(23-19)9-11-18(22)13-3-7-16(21)8-4-13/h1-12H/b11-9+. The van der Waals surface area contributed by atoms with Crippen LogP contribution in [0.15, 0.2) is 75.6 Å². The van der Waals surface area contributed by atoms with Gasteiger partial charge in [-0.05, 0) is 60.7 Å². The van der Waals surface area contributed by atoms with Crippen LogP contribution in [-0.4, -0.2) is 5.78 Å². The van der Waals surface area contributed by atoms with Crippen molar-refractivity contribution in [3.05, 3.63) is 87.6 Å². The van der Waals surface area contributed by atoms with Crippen molar-refractivity contribution in [3.8, 4) is 11.3 Å². The van der Waals surface area contributed by atoms with Crippen LogP contribution in [0.1, 0.15) is 16.1 Å². The third-order valence-electron chi connectivity index (χ3n) is 3.28. The molecule has 0 spiro atoms. The van der Waals surface area contributed by atoms with Gasteiger partial charge < -0.3 is 4.42 Å². The summed E-state index contributed by atoms with van der Waals surface area (Å²) in [5.74, 6) is 1.30. The van der Waals surface area contributed by atoms with Crippen LogP contribution in [0, 0.1) is 0 Å². The lowest BCUT2D eigenvalue weighted by Crippen LogP contribution is -1.92. The first-order valence-corrected chi connectivity index (χ1v) is 8.13. The molecule has 0 unspecified atom stereocenters. The maximum Gasteiger partial charge on any atom is 0.185 e. The van der Waals surface area contributed by atoms with Gasteiger partial charge in [-0.25, -0.2) is 0 Å². The first-order chi connectivity index (χ1) is 11.1. The zero-order valence-corrected chi connectivity index (χ0v) is 14.3. The summed E-state index contributed by atoms with van der Waals surface area (Å²) in [5.41, 5.74) is 1.57. The highest BCUT2D eigenvalue weighted by molar-refractivity contribution is 9.10. The van der Waals surface area contributed by atoms with Crippen molar-refractivity contribution in [2.24, 2.45) is 0 Å². The van der Waals surface area contributed by atoms with Crippen LogP contribution in [0.25, 0.3) is 17.4 Å². The second kappa shape index (κ2) is 6.99. The van der Waals surface area contributed by atoms with E-state index in [0.29, 0.717) is 16.3 Å². The van der Waals surface area contributed by atoms with Gasteiger partial charge in [-0.15, -0.1) is 0 Å². The van der Waals surface area contributed by atoms with E-state index in [2.05, 4.69) is 15.9 Å². The summed E-state index contributed by atoms with van der Waals surface area (Å²) in [6, 6.07) is 18.4. The van der Waals surface area contributed by atoms with E-state index in [1.165, 1.54) is 6.08 Å². The number of carbonyl (C=O) groups excluding carboxylic acids is 1. The molecule has 0 bridgehead atoms. The van der Waals surface area contributed by atoms with Gasteiger partial charge in [0.1, 0.15) is 11.5 Å². The lowest BCUT2D eigenvalue weighted by molar-refractivity contribution is 0.104. The van der Waals surface area contributed by atoms with Crippen molar-refractivity contribution in [3.63, 3.8) is 0 Å². The van der Waals surface area contributed by atoms with Gasteiger partial charge in [0, 0.05) is 20.6 Å². The number of benzene rings is 2. The van der Waals surface area contributed by atoms with E-state index < -0.39 is 0 Å². The Hall–Kier alpha value is -2.10. The third-order valence-corrected chi connectivity index (χ3v) is 4.06. The van der Waals surface area contributed by atoms with Crippen LogP contribution >= 0.6 is 27.5 Å². The average molecular weight is 388 g/mol. The molecule has 2 aromatic carbocycles. The van der Waals surface area contributed by atoms with E-state index in [1.807, 2.05) is 36.4 Å². The summed E-state index contributed by atoms with van der Waals surface area (Å²) in [4.78, 5) is 12.1. The van der Waals surface area contributed by atoms with Crippen LogP contribution in [0.4, 0.5) is 0 Å². The Bertz CT molecular complexity index is 846. The molecule has 3 rings (SSSR count). The molecule has 0 saturated heterocycles. The molecule has 0 saturated carbocycles. The Morgan fingerprint density at radius 3 is 2.35 bits per heavy atom. The minimum absolute atomic E-state index is 0.0942. The van der Waals surface area contributed by atoms with Crippen LogP contribution in [-0.2, 0) is 0 Å². The molecule has 4 heteroatoms. The van der Waals surface area contributed by atoms with Gasteiger partial charge in [-0.3, -0.25) is 4.79 Å². The van der Waals surface area contributed by atoms with Crippen LogP contribution in [0.2, 0.25) is 5.02 Å². The van der Waals surface area contributed by atoms with Crippen molar-refractivity contribution < 1.29 is 9.21 Å². The molecule has 0 fully saturated rings. The lowest BCUT2D eigenvalue weighted by Gasteiger charge is -1.97. The number of rotatable bonds is 4. The predicted octanol–water partition coefficient (Wildman–Crippen LogP) is 6.26. The summed E-state index contributed by atoms with van der Waals surface area (Å²) >= 11 is 9.22. The van der Waals surface area contributed by atoms with E-state index in [-0.39, 0.29) is 5.78 Å². The molecular weight excluding hydrogens is 376 g/mol. The maximum atomic E-state index is 12.1. The first-order valence-electron chi connectivity index (χ1n) is 6.95. The van der Waals surface area contributed by atoms with Gasteiger partial charge in [0.2, 0.25) is 0 Å². The zero-order valence-electron chi connectivity index (χ0n) is 12.0. The maximum absolute atomic E-state index is 12.1. The summed E-state index contributed by atoms with van der Waals surface area (Å²) in [5, 5.41) is 0.607. The fourth-order valence-corrected chi connectivity index (χ4v) is 2.47. The number of hydrogen-bond acceptors (Lipinski definition) is 2. The average Bonchev–Trinajstić information content (AvgIpc) is 3.03. The smallest absolute Gasteiger partial charge is 0.185 e. The van der Waals surface area contributed by atoms with Gasteiger partial charge in [0.05, 0.1) is 0 Å². The highest BCUT2D eigenvalue weighted by atomic mass is 79.9. The molecule has 0 radical (unpaired) electrons. The minimum atomic E-state index is -0.0942. The van der Waals surface area contributed by atoms with E-state index in [4.69, 9.17) is 16.0 Å². The topological polar surface area (TPSA) is 30.2 Å². The zero-order chi connectivity index (χ0) is 16.2. The van der Waals surface area contributed by atoms with Crippen molar-refractivity contribution in [1.29, 1.82) is 0 Å². The second-order valence-electron chi connectivity index (χ2n) is 4.91. The second-order valence-corrected chi connectivity index (χ2v) is 6.27. The van der Waals surface area contributed by atoms with E-state index in [1.54, 1.807) is 30.3 Å². The van der Waals surface area contributed by atoms with Crippen LogP contribution in [0.3, 0.4) is 0 Å². The molecule has 1 heterocycles. The number of hydrogen-bond donors (Lipinski definition) is 0. The third kappa shape index (κ3) is 4.01. The molecule has 0 amide bonds. The highest BCUT2D eigenvalue weighted by Gasteiger charge is 2.05. The molecule has 0 aliphatic rings. The number of ketones is 1. The summed E-state index contributed by atoms with van der Waals surface area (Å²) in [7, 11) is 0. The van der Waals surface area contributed by atoms with Crippen molar-refractivity contribution >= 4 is 39.4 Å². The molecule has 114 valence electrons. The van der Waals surface area contributed by atoms with E-state index >= 15 is 0 Å². The fourth-order valence-electron chi connectivity index (χ4n) is 2.08. The molecule has 0 aliphatic carbocycles. The SMILES string of the molecule is O=C(/C=C/c1ccc(-c2ccc(Br)cc2)o1)c1ccc(Cl)cc1. The molecule has 0 aliphatic heterocycles. The Balaban J connectivity index is 1.74. The molecule has 3 aromatic rings. The Labute approximate surface area is 147 Å². The number of furan rings is 1. The van der Waals surface area contributed by atoms with Gasteiger partial charge in [0.25, 0.3) is 0 Å². The largest absolute Gasteiger partial charge is 0.457 e. The van der Waals surface area contributed by atoms with Gasteiger partial charge in [-0.2, -0.15) is 0 Å². The lowest BCUT2D eigenvalue weighted by atomic mass is 10.1. The monoisotopic (exact) mass is 386 g/mol. The Morgan fingerprint density at radius 1 is 0.957 bits per heavy atom. The van der Waals surface area contributed by atoms with Crippen LogP contribution in [0.5, 0.6) is 0 Å². The number of carbonyl (C=O) groups is 1. The molecule has 1 aromatic heterocycles. The number of halogens is 2. The van der Waals surface area contributed by atoms with Crippen LogP contribution < -0.4 is 0 Å². The predicted molar refractivity (Wildman–Crippen MR) is 96.7 cm³/mol. The highest BCUT2D eigenvalue weighted by Crippen LogP contribution is 2.24. The van der Waals surface area contributed by atoms with Gasteiger partial charge in [0.15, 0.2) is 5.78 Å². The Kier molecular flexibility index (Phi) is 4.79. The van der Waals surface area contributed by atoms with Crippen molar-refractivity contribution in [1.82, 2.24) is 0 Å². The molecule has 0 N–H and O–H groups in total. The summed E-state index contributed by atoms with van der Waals surface area (Å²) < 4.78 is 6.75. The van der Waals surface area contributed by atoms with E-state index in [0.717, 1.165) is 15.8 Å². The quantitative estimate of drug-likeness (QED) is 0.391. The fraction of sp³-hybridized carbons (Fsp3) is 0. The molecule has 0 atom stereocenters. The Morgan fingerprint density at radius 2 is 1.65 bits per heavy atom.